The largest absolute Gasteiger partial charge is 0.398 e. The van der Waals surface area contributed by atoms with E-state index in [-0.39, 0.29) is 11.7 Å². The molecule has 108 valence electrons. The van der Waals surface area contributed by atoms with E-state index in [9.17, 15) is 9.59 Å². The number of anilines is 2. The second-order valence-electron chi connectivity index (χ2n) is 4.61. The number of rotatable bonds is 4. The molecule has 0 spiro atoms. The van der Waals surface area contributed by atoms with Gasteiger partial charge in [-0.25, -0.2) is 0 Å². The van der Waals surface area contributed by atoms with Crippen LogP contribution in [0.25, 0.3) is 0 Å². The Morgan fingerprint density at radius 3 is 2.19 bits per heavy atom. The van der Waals surface area contributed by atoms with Crippen molar-refractivity contribution in [2.75, 3.05) is 11.1 Å². The van der Waals surface area contributed by atoms with Crippen LogP contribution in [0.3, 0.4) is 0 Å². The van der Waals surface area contributed by atoms with Crippen molar-refractivity contribution in [1.82, 2.24) is 0 Å². The Hall–Kier alpha value is -2.27. The fourth-order valence-corrected chi connectivity index (χ4v) is 2.71. The van der Waals surface area contributed by atoms with Gasteiger partial charge in [-0.1, -0.05) is 11.8 Å². The molecule has 2 rings (SSSR count). The van der Waals surface area contributed by atoms with Crippen molar-refractivity contribution >= 4 is 34.8 Å². The molecule has 0 aliphatic rings. The van der Waals surface area contributed by atoms with E-state index in [1.54, 1.807) is 12.1 Å². The normalized spacial score (nSPS) is 10.2. The molecule has 0 radical (unpaired) electrons. The minimum absolute atomic E-state index is 0.0454. The van der Waals surface area contributed by atoms with E-state index in [1.165, 1.54) is 25.6 Å². The van der Waals surface area contributed by atoms with E-state index in [4.69, 9.17) is 5.73 Å². The van der Waals surface area contributed by atoms with E-state index in [2.05, 4.69) is 5.32 Å². The molecule has 21 heavy (non-hydrogen) atoms. The highest BCUT2D eigenvalue weighted by molar-refractivity contribution is 7.99. The third-order valence-electron chi connectivity index (χ3n) is 2.81. The summed E-state index contributed by atoms with van der Waals surface area (Å²) < 4.78 is 0. The molecule has 0 saturated carbocycles. The first-order valence-corrected chi connectivity index (χ1v) is 7.23. The quantitative estimate of drug-likeness (QED) is 0.668. The summed E-state index contributed by atoms with van der Waals surface area (Å²) in [5, 5.41) is 2.72. The first kappa shape index (κ1) is 15.1. The Bertz CT molecular complexity index is 681. The molecule has 0 atom stereocenters. The van der Waals surface area contributed by atoms with E-state index in [0.717, 1.165) is 15.5 Å². The van der Waals surface area contributed by atoms with E-state index >= 15 is 0 Å². The third kappa shape index (κ3) is 4.10. The number of nitrogen functional groups attached to an aromatic ring is 1. The number of Topliss-reactive ketones (excluding diaryl/α,β-unsaturated/α-hetero) is 1. The molecule has 0 bridgehead atoms. The predicted octanol–water partition coefficient (Wildman–Crippen LogP) is 3.58. The Kier molecular flexibility index (Phi) is 4.65. The van der Waals surface area contributed by atoms with Gasteiger partial charge in [0, 0.05) is 33.7 Å². The van der Waals surface area contributed by atoms with Crippen LogP contribution in [-0.2, 0) is 4.79 Å². The standard InChI is InChI=1S/C16H16N2O2S/c1-10(19)15-9-14(7-8-16(15)17)21-13-5-3-12(4-6-13)18-11(2)20/h3-9H,17H2,1-2H3,(H,18,20). The highest BCUT2D eigenvalue weighted by atomic mass is 32.2. The smallest absolute Gasteiger partial charge is 0.221 e. The van der Waals surface area contributed by atoms with Crippen molar-refractivity contribution in [1.29, 1.82) is 0 Å². The lowest BCUT2D eigenvalue weighted by molar-refractivity contribution is -0.114. The minimum atomic E-state index is -0.0972. The van der Waals surface area contributed by atoms with Crippen molar-refractivity contribution in [3.63, 3.8) is 0 Å². The van der Waals surface area contributed by atoms with E-state index < -0.39 is 0 Å². The second kappa shape index (κ2) is 6.45. The van der Waals surface area contributed by atoms with Crippen LogP contribution in [-0.4, -0.2) is 11.7 Å². The first-order valence-electron chi connectivity index (χ1n) is 6.41. The van der Waals surface area contributed by atoms with E-state index in [0.29, 0.717) is 11.3 Å². The van der Waals surface area contributed by atoms with Crippen molar-refractivity contribution in [3.8, 4) is 0 Å². The van der Waals surface area contributed by atoms with Crippen LogP contribution >= 0.6 is 11.8 Å². The second-order valence-corrected chi connectivity index (χ2v) is 5.76. The number of hydrogen-bond acceptors (Lipinski definition) is 4. The van der Waals surface area contributed by atoms with Crippen molar-refractivity contribution in [3.05, 3.63) is 48.0 Å². The minimum Gasteiger partial charge on any atom is -0.398 e. The van der Waals surface area contributed by atoms with Crippen molar-refractivity contribution in [2.45, 2.75) is 23.6 Å². The van der Waals surface area contributed by atoms with Gasteiger partial charge in [0.1, 0.15) is 0 Å². The molecule has 0 aromatic heterocycles. The molecule has 5 heteroatoms. The summed E-state index contributed by atoms with van der Waals surface area (Å²) in [6.45, 7) is 2.97. The maximum atomic E-state index is 11.5. The Morgan fingerprint density at radius 2 is 1.62 bits per heavy atom. The Balaban J connectivity index is 2.16. The van der Waals surface area contributed by atoms with Crippen LogP contribution in [0.5, 0.6) is 0 Å². The molecule has 3 N–H and O–H groups in total. The van der Waals surface area contributed by atoms with Gasteiger partial charge in [-0.2, -0.15) is 0 Å². The fourth-order valence-electron chi connectivity index (χ4n) is 1.85. The molecule has 2 aromatic carbocycles. The summed E-state index contributed by atoms with van der Waals surface area (Å²) in [5.74, 6) is -0.143. The van der Waals surface area contributed by atoms with Gasteiger partial charge >= 0.3 is 0 Å². The third-order valence-corrected chi connectivity index (χ3v) is 3.81. The van der Waals surface area contributed by atoms with Crippen molar-refractivity contribution in [2.24, 2.45) is 0 Å². The molecule has 2 aromatic rings. The number of nitrogens with one attached hydrogen (secondary N) is 1. The number of amides is 1. The molecular weight excluding hydrogens is 284 g/mol. The van der Waals surface area contributed by atoms with Crippen LogP contribution < -0.4 is 11.1 Å². The lowest BCUT2D eigenvalue weighted by Crippen LogP contribution is -2.05. The van der Waals surface area contributed by atoms with Gasteiger partial charge in [0.15, 0.2) is 5.78 Å². The number of ketones is 1. The van der Waals surface area contributed by atoms with E-state index in [1.807, 2.05) is 30.3 Å². The predicted molar refractivity (Wildman–Crippen MR) is 85.7 cm³/mol. The number of carbonyl (C=O) groups is 2. The van der Waals surface area contributed by atoms with Gasteiger partial charge in [-0.3, -0.25) is 9.59 Å². The van der Waals surface area contributed by atoms with Crippen LogP contribution in [0.15, 0.2) is 52.3 Å². The lowest BCUT2D eigenvalue weighted by atomic mass is 10.1. The summed E-state index contributed by atoms with van der Waals surface area (Å²) in [6, 6.07) is 12.9. The summed E-state index contributed by atoms with van der Waals surface area (Å²) in [5.41, 5.74) is 7.57. The summed E-state index contributed by atoms with van der Waals surface area (Å²) in [4.78, 5) is 24.4. The number of hydrogen-bond donors (Lipinski definition) is 2. The molecule has 0 fully saturated rings. The van der Waals surface area contributed by atoms with Gasteiger partial charge in [0.2, 0.25) is 5.91 Å². The average molecular weight is 300 g/mol. The van der Waals surface area contributed by atoms with Gasteiger partial charge in [0.05, 0.1) is 0 Å². The van der Waals surface area contributed by atoms with Gasteiger partial charge in [-0.15, -0.1) is 0 Å². The maximum absolute atomic E-state index is 11.5. The average Bonchev–Trinajstić information content (AvgIpc) is 2.42. The fraction of sp³-hybridized carbons (Fsp3) is 0.125. The molecular formula is C16H16N2O2S. The molecule has 0 unspecified atom stereocenters. The summed E-state index contributed by atoms with van der Waals surface area (Å²) >= 11 is 1.53. The Morgan fingerprint density at radius 1 is 1.00 bits per heavy atom. The number of benzene rings is 2. The van der Waals surface area contributed by atoms with Crippen molar-refractivity contribution < 1.29 is 9.59 Å². The lowest BCUT2D eigenvalue weighted by Gasteiger charge is -2.07. The molecule has 4 nitrogen and oxygen atoms in total. The first-order chi connectivity index (χ1) is 9.95. The number of carbonyl (C=O) groups excluding carboxylic acids is 2. The zero-order valence-corrected chi connectivity index (χ0v) is 12.7. The van der Waals surface area contributed by atoms with Crippen LogP contribution in [0, 0.1) is 0 Å². The van der Waals surface area contributed by atoms with Gasteiger partial charge in [0.25, 0.3) is 0 Å². The monoisotopic (exact) mass is 300 g/mol. The highest BCUT2D eigenvalue weighted by Crippen LogP contribution is 2.30. The number of nitrogens with two attached hydrogens (primary N) is 1. The van der Waals surface area contributed by atoms with Gasteiger partial charge < -0.3 is 11.1 Å². The Labute approximate surface area is 127 Å². The molecule has 0 aliphatic carbocycles. The highest BCUT2D eigenvalue weighted by Gasteiger charge is 2.07. The van der Waals surface area contributed by atoms with Crippen LogP contribution in [0.2, 0.25) is 0 Å². The SMILES string of the molecule is CC(=O)Nc1ccc(Sc2ccc(N)c(C(C)=O)c2)cc1. The van der Waals surface area contributed by atoms with Crippen LogP contribution in [0.1, 0.15) is 24.2 Å². The van der Waals surface area contributed by atoms with Gasteiger partial charge in [-0.05, 0) is 49.4 Å². The summed E-state index contributed by atoms with van der Waals surface area (Å²) in [7, 11) is 0. The molecule has 0 saturated heterocycles. The zero-order chi connectivity index (χ0) is 15.4. The topological polar surface area (TPSA) is 72.2 Å². The zero-order valence-electron chi connectivity index (χ0n) is 11.8. The van der Waals surface area contributed by atoms with Crippen LogP contribution in [0.4, 0.5) is 11.4 Å². The summed E-state index contributed by atoms with van der Waals surface area (Å²) in [6.07, 6.45) is 0. The maximum Gasteiger partial charge on any atom is 0.221 e. The molecule has 0 aliphatic heterocycles. The molecule has 0 heterocycles. The molecule has 1 amide bonds.